The van der Waals surface area contributed by atoms with E-state index in [1.807, 2.05) is 32.0 Å². The maximum atomic E-state index is 6.14. The van der Waals surface area contributed by atoms with E-state index in [-0.39, 0.29) is 18.4 Å². The van der Waals surface area contributed by atoms with Gasteiger partial charge in [-0.15, -0.1) is 23.7 Å². The predicted octanol–water partition coefficient (Wildman–Crippen LogP) is 4.90. The lowest BCUT2D eigenvalue weighted by Crippen LogP contribution is -2.03. The molecule has 7 heteroatoms. The molecule has 4 nitrogen and oxygen atoms in total. The van der Waals surface area contributed by atoms with Crippen LogP contribution in [0.25, 0.3) is 10.2 Å². The van der Waals surface area contributed by atoms with Crippen molar-refractivity contribution in [2.45, 2.75) is 26.4 Å². The van der Waals surface area contributed by atoms with Gasteiger partial charge in [-0.3, -0.25) is 0 Å². The highest BCUT2D eigenvalue weighted by Gasteiger charge is 2.16. The standard InChI is InChI=1S/C15H16ClN3OS.ClH/c1-8-13-15(21-14(8)9(2)17)11(6-12(16)19-13)18-7-10-4-3-5-20-10;/h3-6,9H,7,17H2,1-2H3,(H,18,19);1H. The molecule has 0 saturated carbocycles. The molecule has 0 fully saturated rings. The second kappa shape index (κ2) is 6.87. The van der Waals surface area contributed by atoms with Gasteiger partial charge in [0.05, 0.1) is 28.7 Å². The molecule has 3 N–H and O–H groups in total. The van der Waals surface area contributed by atoms with Crippen molar-refractivity contribution in [3.05, 3.63) is 45.8 Å². The van der Waals surface area contributed by atoms with Crippen molar-refractivity contribution in [1.29, 1.82) is 0 Å². The van der Waals surface area contributed by atoms with Crippen LogP contribution in [0, 0.1) is 6.92 Å². The van der Waals surface area contributed by atoms with Gasteiger partial charge in [0, 0.05) is 17.0 Å². The number of aromatic nitrogens is 1. The number of fused-ring (bicyclic) bond motifs is 1. The van der Waals surface area contributed by atoms with Crippen molar-refractivity contribution in [2.24, 2.45) is 5.73 Å². The minimum Gasteiger partial charge on any atom is -0.467 e. The lowest BCUT2D eigenvalue weighted by Gasteiger charge is -2.06. The Morgan fingerprint density at radius 2 is 2.27 bits per heavy atom. The van der Waals surface area contributed by atoms with E-state index in [4.69, 9.17) is 21.8 Å². The molecule has 0 aromatic carbocycles. The highest BCUT2D eigenvalue weighted by atomic mass is 35.5. The molecule has 0 saturated heterocycles. The summed E-state index contributed by atoms with van der Waals surface area (Å²) in [6.07, 6.45) is 1.66. The number of furan rings is 1. The normalized spacial score (nSPS) is 12.2. The Morgan fingerprint density at radius 1 is 1.50 bits per heavy atom. The van der Waals surface area contributed by atoms with Crippen molar-refractivity contribution in [3.8, 4) is 0 Å². The molecule has 3 heterocycles. The molecule has 3 aromatic heterocycles. The van der Waals surface area contributed by atoms with Crippen LogP contribution in [0.5, 0.6) is 0 Å². The molecule has 1 unspecified atom stereocenters. The Hall–Kier alpha value is -1.27. The first-order valence-electron chi connectivity index (χ1n) is 6.67. The smallest absolute Gasteiger partial charge is 0.131 e. The van der Waals surface area contributed by atoms with Crippen LogP contribution in [0.2, 0.25) is 5.15 Å². The average Bonchev–Trinajstić information content (AvgIpc) is 3.05. The van der Waals surface area contributed by atoms with Gasteiger partial charge in [0.2, 0.25) is 0 Å². The molecule has 3 rings (SSSR count). The van der Waals surface area contributed by atoms with Crippen LogP contribution in [0.15, 0.2) is 28.9 Å². The number of thiophene rings is 1. The Kier molecular flexibility index (Phi) is 5.34. The van der Waals surface area contributed by atoms with Crippen LogP contribution in [-0.2, 0) is 6.54 Å². The molecule has 0 radical (unpaired) electrons. The Morgan fingerprint density at radius 3 is 2.91 bits per heavy atom. The fourth-order valence-electron chi connectivity index (χ4n) is 2.32. The van der Waals surface area contributed by atoms with Crippen molar-refractivity contribution >= 4 is 51.2 Å². The Bertz CT molecular complexity index is 769. The number of nitrogens with two attached hydrogens (primary N) is 1. The number of anilines is 1. The molecular weight excluding hydrogens is 341 g/mol. The quantitative estimate of drug-likeness (QED) is 0.651. The summed E-state index contributed by atoms with van der Waals surface area (Å²) >= 11 is 7.81. The molecular formula is C15H17Cl2N3OS. The monoisotopic (exact) mass is 357 g/mol. The summed E-state index contributed by atoms with van der Waals surface area (Å²) in [6, 6.07) is 5.63. The third kappa shape index (κ3) is 3.22. The van der Waals surface area contributed by atoms with Crippen LogP contribution < -0.4 is 11.1 Å². The lowest BCUT2D eigenvalue weighted by molar-refractivity contribution is 0.518. The zero-order valence-electron chi connectivity index (χ0n) is 12.2. The van der Waals surface area contributed by atoms with Gasteiger partial charge in [-0.2, -0.15) is 0 Å². The highest BCUT2D eigenvalue weighted by molar-refractivity contribution is 7.20. The highest BCUT2D eigenvalue weighted by Crippen LogP contribution is 2.38. The van der Waals surface area contributed by atoms with Gasteiger partial charge >= 0.3 is 0 Å². The van der Waals surface area contributed by atoms with Crippen LogP contribution >= 0.6 is 35.3 Å². The van der Waals surface area contributed by atoms with Crippen LogP contribution in [-0.4, -0.2) is 4.98 Å². The molecule has 0 aliphatic heterocycles. The lowest BCUT2D eigenvalue weighted by atomic mass is 10.1. The first kappa shape index (κ1) is 17.1. The van der Waals surface area contributed by atoms with Gasteiger partial charge in [0.15, 0.2) is 0 Å². The van der Waals surface area contributed by atoms with E-state index in [9.17, 15) is 0 Å². The number of nitrogens with one attached hydrogen (secondary N) is 1. The third-order valence-electron chi connectivity index (χ3n) is 3.33. The van der Waals surface area contributed by atoms with Crippen molar-refractivity contribution in [3.63, 3.8) is 0 Å². The van der Waals surface area contributed by atoms with Crippen LogP contribution in [0.1, 0.15) is 29.2 Å². The van der Waals surface area contributed by atoms with E-state index in [0.29, 0.717) is 11.7 Å². The summed E-state index contributed by atoms with van der Waals surface area (Å²) in [7, 11) is 0. The summed E-state index contributed by atoms with van der Waals surface area (Å²) in [5, 5.41) is 3.84. The average molecular weight is 358 g/mol. The second-order valence-corrected chi connectivity index (χ2v) is 6.42. The second-order valence-electron chi connectivity index (χ2n) is 4.98. The number of hydrogen-bond acceptors (Lipinski definition) is 5. The Labute approximate surface area is 144 Å². The summed E-state index contributed by atoms with van der Waals surface area (Å²) < 4.78 is 6.42. The summed E-state index contributed by atoms with van der Waals surface area (Å²) in [5.41, 5.74) is 9.01. The Balaban J connectivity index is 0.00000176. The fourth-order valence-corrected chi connectivity index (χ4v) is 3.71. The summed E-state index contributed by atoms with van der Waals surface area (Å²) in [4.78, 5) is 5.58. The largest absolute Gasteiger partial charge is 0.467 e. The zero-order valence-corrected chi connectivity index (χ0v) is 14.6. The topological polar surface area (TPSA) is 64.1 Å². The molecule has 0 aliphatic carbocycles. The molecule has 0 aliphatic rings. The first-order valence-corrected chi connectivity index (χ1v) is 7.87. The van der Waals surface area contributed by atoms with Gasteiger partial charge in [0.1, 0.15) is 10.9 Å². The van der Waals surface area contributed by atoms with E-state index in [2.05, 4.69) is 10.3 Å². The maximum absolute atomic E-state index is 6.14. The van der Waals surface area contributed by atoms with Gasteiger partial charge in [-0.25, -0.2) is 4.98 Å². The molecule has 22 heavy (non-hydrogen) atoms. The van der Waals surface area contributed by atoms with Gasteiger partial charge in [-0.05, 0) is 31.5 Å². The van der Waals surface area contributed by atoms with Gasteiger partial charge < -0.3 is 15.5 Å². The van der Waals surface area contributed by atoms with Crippen molar-refractivity contribution in [1.82, 2.24) is 4.98 Å². The minimum absolute atomic E-state index is 0. The molecule has 3 aromatic rings. The van der Waals surface area contributed by atoms with Crippen molar-refractivity contribution in [2.75, 3.05) is 5.32 Å². The summed E-state index contributed by atoms with van der Waals surface area (Å²) in [6.45, 7) is 4.62. The van der Waals surface area contributed by atoms with Gasteiger partial charge in [0.25, 0.3) is 0 Å². The third-order valence-corrected chi connectivity index (χ3v) is 5.03. The van der Waals surface area contributed by atoms with E-state index < -0.39 is 0 Å². The molecule has 0 spiro atoms. The predicted molar refractivity (Wildman–Crippen MR) is 95.3 cm³/mol. The first-order chi connectivity index (χ1) is 10.1. The van der Waals surface area contributed by atoms with E-state index in [1.165, 1.54) is 0 Å². The minimum atomic E-state index is -0.0131. The van der Waals surface area contributed by atoms with Crippen LogP contribution in [0.3, 0.4) is 0 Å². The summed E-state index contributed by atoms with van der Waals surface area (Å²) in [5.74, 6) is 0.872. The van der Waals surface area contributed by atoms with Crippen LogP contribution in [0.4, 0.5) is 5.69 Å². The SMILES string of the molecule is Cc1c(C(C)N)sc2c(NCc3ccco3)cc(Cl)nc12.Cl. The number of halogens is 2. The number of pyridine rings is 1. The number of aryl methyl sites for hydroxylation is 1. The van der Waals surface area contributed by atoms with E-state index in [0.717, 1.165) is 32.1 Å². The number of rotatable bonds is 4. The zero-order chi connectivity index (χ0) is 15.0. The van der Waals surface area contributed by atoms with E-state index >= 15 is 0 Å². The maximum Gasteiger partial charge on any atom is 0.131 e. The van der Waals surface area contributed by atoms with E-state index in [1.54, 1.807) is 17.6 Å². The van der Waals surface area contributed by atoms with Gasteiger partial charge in [-0.1, -0.05) is 11.6 Å². The number of nitrogens with zero attached hydrogens (tertiary/aromatic N) is 1. The number of hydrogen-bond donors (Lipinski definition) is 2. The molecule has 0 bridgehead atoms. The molecule has 118 valence electrons. The van der Waals surface area contributed by atoms with Crippen molar-refractivity contribution < 1.29 is 4.42 Å². The molecule has 1 atom stereocenters. The fraction of sp³-hybridized carbons (Fsp3) is 0.267. The molecule has 0 amide bonds.